The zero-order valence-electron chi connectivity index (χ0n) is 13.7. The first-order chi connectivity index (χ1) is 12.0. The first-order valence-corrected chi connectivity index (χ1v) is 7.76. The van der Waals surface area contributed by atoms with E-state index in [0.29, 0.717) is 5.69 Å². The van der Waals surface area contributed by atoms with Crippen LogP contribution in [0.4, 0.5) is 11.4 Å². The highest BCUT2D eigenvalue weighted by Crippen LogP contribution is 2.18. The molecular formula is C18H18N2O5. The van der Waals surface area contributed by atoms with Crippen LogP contribution in [-0.2, 0) is 27.2 Å². The van der Waals surface area contributed by atoms with Gasteiger partial charge in [-0.2, -0.15) is 0 Å². The first-order valence-electron chi connectivity index (χ1n) is 7.76. The molecule has 0 aromatic heterocycles. The summed E-state index contributed by atoms with van der Waals surface area (Å²) >= 11 is 0. The molecule has 0 bridgehead atoms. The number of anilines is 1. The molecule has 2 rings (SSSR count). The van der Waals surface area contributed by atoms with Gasteiger partial charge in [-0.05, 0) is 24.1 Å². The molecular weight excluding hydrogens is 324 g/mol. The summed E-state index contributed by atoms with van der Waals surface area (Å²) in [6, 6.07) is 13.3. The Bertz CT molecular complexity index is 789. The zero-order chi connectivity index (χ0) is 18.2. The molecule has 0 saturated heterocycles. The zero-order valence-corrected chi connectivity index (χ0v) is 13.7. The topological polar surface area (TPSA) is 98.5 Å². The maximum Gasteiger partial charge on any atom is 0.311 e. The van der Waals surface area contributed by atoms with Crippen LogP contribution in [0.25, 0.3) is 0 Å². The summed E-state index contributed by atoms with van der Waals surface area (Å²) in [5, 5.41) is 13.6. The average molecular weight is 342 g/mol. The Kier molecular flexibility index (Phi) is 6.22. The molecule has 0 spiro atoms. The van der Waals surface area contributed by atoms with Crippen LogP contribution in [0.2, 0.25) is 0 Å². The molecule has 1 N–H and O–H groups in total. The van der Waals surface area contributed by atoms with Gasteiger partial charge in [-0.15, -0.1) is 0 Å². The van der Waals surface area contributed by atoms with Gasteiger partial charge in [-0.25, -0.2) is 0 Å². The molecule has 0 heterocycles. The molecule has 0 atom stereocenters. The largest absolute Gasteiger partial charge is 0.455 e. The number of nitro groups is 1. The van der Waals surface area contributed by atoms with Gasteiger partial charge < -0.3 is 10.1 Å². The van der Waals surface area contributed by atoms with E-state index in [9.17, 15) is 19.7 Å². The Balaban J connectivity index is 1.87. The lowest BCUT2D eigenvalue weighted by Gasteiger charge is -2.08. The molecule has 0 aliphatic rings. The monoisotopic (exact) mass is 342 g/mol. The van der Waals surface area contributed by atoms with Crippen LogP contribution in [0.1, 0.15) is 18.1 Å². The van der Waals surface area contributed by atoms with Crippen LogP contribution in [0.15, 0.2) is 48.5 Å². The number of amides is 1. The molecule has 7 nitrogen and oxygen atoms in total. The number of nitrogens with one attached hydrogen (secondary N) is 1. The van der Waals surface area contributed by atoms with Gasteiger partial charge in [0.05, 0.1) is 11.3 Å². The molecule has 0 radical (unpaired) electrons. The fourth-order valence-corrected chi connectivity index (χ4v) is 2.26. The summed E-state index contributed by atoms with van der Waals surface area (Å²) < 4.78 is 4.90. The number of para-hydroxylation sites is 1. The van der Waals surface area contributed by atoms with E-state index in [1.54, 1.807) is 12.1 Å². The van der Waals surface area contributed by atoms with Crippen molar-refractivity contribution in [3.63, 3.8) is 0 Å². The van der Waals surface area contributed by atoms with Gasteiger partial charge in [0.1, 0.15) is 0 Å². The molecule has 0 aliphatic carbocycles. The van der Waals surface area contributed by atoms with E-state index in [2.05, 4.69) is 5.32 Å². The standard InChI is InChI=1S/C18H18N2O5/c1-2-13-6-5-8-15(10-13)19-17(21)12-25-18(22)11-14-7-3-4-9-16(14)20(23)24/h3-10H,2,11-12H2,1H3,(H,19,21). The number of benzene rings is 2. The lowest BCUT2D eigenvalue weighted by molar-refractivity contribution is -0.385. The van der Waals surface area contributed by atoms with E-state index in [4.69, 9.17) is 4.74 Å². The van der Waals surface area contributed by atoms with Crippen LogP contribution in [0, 0.1) is 10.1 Å². The maximum atomic E-state index is 11.8. The van der Waals surface area contributed by atoms with Crippen molar-refractivity contribution in [2.75, 3.05) is 11.9 Å². The third-order valence-corrected chi connectivity index (χ3v) is 3.51. The van der Waals surface area contributed by atoms with Gasteiger partial charge in [0.25, 0.3) is 11.6 Å². The summed E-state index contributed by atoms with van der Waals surface area (Å²) in [7, 11) is 0. The number of hydrogen-bond acceptors (Lipinski definition) is 5. The normalized spacial score (nSPS) is 10.1. The van der Waals surface area contributed by atoms with Gasteiger partial charge in [-0.3, -0.25) is 19.7 Å². The fraction of sp³-hybridized carbons (Fsp3) is 0.222. The summed E-state index contributed by atoms with van der Waals surface area (Å²) in [4.78, 5) is 34.0. The van der Waals surface area contributed by atoms with Crippen molar-refractivity contribution in [2.24, 2.45) is 0 Å². The molecule has 7 heteroatoms. The number of rotatable bonds is 7. The number of nitrogens with zero attached hydrogens (tertiary/aromatic N) is 1. The van der Waals surface area contributed by atoms with Crippen molar-refractivity contribution in [3.05, 3.63) is 69.8 Å². The third kappa shape index (κ3) is 5.42. The van der Waals surface area contributed by atoms with Crippen molar-refractivity contribution in [3.8, 4) is 0 Å². The molecule has 0 aliphatic heterocycles. The highest BCUT2D eigenvalue weighted by Gasteiger charge is 2.17. The van der Waals surface area contributed by atoms with Crippen molar-refractivity contribution in [1.82, 2.24) is 0 Å². The second-order valence-electron chi connectivity index (χ2n) is 5.33. The Morgan fingerprint density at radius 3 is 2.64 bits per heavy atom. The SMILES string of the molecule is CCc1cccc(NC(=O)COC(=O)Cc2ccccc2[N+](=O)[O-])c1. The Morgan fingerprint density at radius 1 is 1.16 bits per heavy atom. The summed E-state index contributed by atoms with van der Waals surface area (Å²) in [5.41, 5.74) is 1.79. The molecule has 2 aromatic rings. The fourth-order valence-electron chi connectivity index (χ4n) is 2.26. The molecule has 1 amide bonds. The Hall–Kier alpha value is -3.22. The van der Waals surface area contributed by atoms with Crippen LogP contribution >= 0.6 is 0 Å². The lowest BCUT2D eigenvalue weighted by atomic mass is 10.1. The van der Waals surface area contributed by atoms with Gasteiger partial charge in [-0.1, -0.05) is 37.3 Å². The quantitative estimate of drug-likeness (QED) is 0.474. The molecule has 0 saturated carbocycles. The minimum absolute atomic E-state index is 0.153. The first kappa shape index (κ1) is 18.1. The summed E-state index contributed by atoms with van der Waals surface area (Å²) in [6.45, 7) is 1.56. The number of ether oxygens (including phenoxy) is 1. The van der Waals surface area contributed by atoms with Crippen molar-refractivity contribution < 1.29 is 19.2 Å². The third-order valence-electron chi connectivity index (χ3n) is 3.51. The minimum Gasteiger partial charge on any atom is -0.455 e. The molecule has 25 heavy (non-hydrogen) atoms. The van der Waals surface area contributed by atoms with E-state index in [0.717, 1.165) is 12.0 Å². The van der Waals surface area contributed by atoms with Crippen LogP contribution in [-0.4, -0.2) is 23.4 Å². The van der Waals surface area contributed by atoms with E-state index in [-0.39, 0.29) is 17.7 Å². The van der Waals surface area contributed by atoms with Crippen LogP contribution in [0.5, 0.6) is 0 Å². The van der Waals surface area contributed by atoms with Gasteiger partial charge in [0.2, 0.25) is 0 Å². The molecule has 2 aromatic carbocycles. The van der Waals surface area contributed by atoms with E-state index >= 15 is 0 Å². The maximum absolute atomic E-state index is 11.8. The van der Waals surface area contributed by atoms with Crippen LogP contribution < -0.4 is 5.32 Å². The number of carbonyl (C=O) groups is 2. The van der Waals surface area contributed by atoms with Crippen molar-refractivity contribution in [1.29, 1.82) is 0 Å². The smallest absolute Gasteiger partial charge is 0.311 e. The Morgan fingerprint density at radius 2 is 1.92 bits per heavy atom. The summed E-state index contributed by atoms with van der Waals surface area (Å²) in [6.07, 6.45) is 0.574. The van der Waals surface area contributed by atoms with E-state index in [1.807, 2.05) is 25.1 Å². The number of hydrogen-bond donors (Lipinski definition) is 1. The molecule has 0 unspecified atom stereocenters. The van der Waals surface area contributed by atoms with E-state index in [1.165, 1.54) is 18.2 Å². The predicted molar refractivity (Wildman–Crippen MR) is 92.2 cm³/mol. The second kappa shape index (κ2) is 8.58. The Labute approximate surface area is 144 Å². The molecule has 0 fully saturated rings. The van der Waals surface area contributed by atoms with Crippen molar-refractivity contribution in [2.45, 2.75) is 19.8 Å². The highest BCUT2D eigenvalue weighted by molar-refractivity contribution is 5.93. The number of aryl methyl sites for hydroxylation is 1. The average Bonchev–Trinajstić information content (AvgIpc) is 2.60. The number of esters is 1. The number of carbonyl (C=O) groups excluding carboxylic acids is 2. The predicted octanol–water partition coefficient (Wildman–Crippen LogP) is 2.88. The van der Waals surface area contributed by atoms with Gasteiger partial charge >= 0.3 is 5.97 Å². The number of nitro benzene ring substituents is 1. The van der Waals surface area contributed by atoms with Gasteiger partial charge in [0, 0.05) is 17.3 Å². The summed E-state index contributed by atoms with van der Waals surface area (Å²) in [5.74, 6) is -1.17. The van der Waals surface area contributed by atoms with E-state index < -0.39 is 23.4 Å². The second-order valence-corrected chi connectivity index (χ2v) is 5.33. The highest BCUT2D eigenvalue weighted by atomic mass is 16.6. The lowest BCUT2D eigenvalue weighted by Crippen LogP contribution is -2.21. The molecule has 130 valence electrons. The van der Waals surface area contributed by atoms with Crippen molar-refractivity contribution >= 4 is 23.3 Å². The minimum atomic E-state index is -0.702. The van der Waals surface area contributed by atoms with Gasteiger partial charge in [0.15, 0.2) is 6.61 Å². The van der Waals surface area contributed by atoms with Crippen LogP contribution in [0.3, 0.4) is 0 Å².